The third kappa shape index (κ3) is 4.06. The molecule has 0 aliphatic carbocycles. The molecule has 164 valence electrons. The number of furan rings is 1. The van der Waals surface area contributed by atoms with E-state index < -0.39 is 0 Å². The van der Waals surface area contributed by atoms with E-state index in [0.29, 0.717) is 29.3 Å². The summed E-state index contributed by atoms with van der Waals surface area (Å²) in [6, 6.07) is 14.0. The van der Waals surface area contributed by atoms with Crippen molar-refractivity contribution in [1.29, 1.82) is 0 Å². The van der Waals surface area contributed by atoms with Crippen molar-refractivity contribution >= 4 is 27.6 Å². The van der Waals surface area contributed by atoms with Crippen molar-refractivity contribution in [1.82, 2.24) is 15.2 Å². The monoisotopic (exact) mass is 429 g/mol. The van der Waals surface area contributed by atoms with Crippen molar-refractivity contribution in [3.63, 3.8) is 0 Å². The topological polar surface area (TPSA) is 67.6 Å². The van der Waals surface area contributed by atoms with Gasteiger partial charge in [-0.3, -0.25) is 9.78 Å². The molecule has 1 aliphatic heterocycles. The Kier molecular flexibility index (Phi) is 5.53. The maximum Gasteiger partial charge on any atom is 0.255 e. The van der Waals surface area contributed by atoms with Crippen LogP contribution in [0.3, 0.4) is 0 Å². The second-order valence-corrected chi connectivity index (χ2v) is 8.54. The van der Waals surface area contributed by atoms with Crippen LogP contribution >= 0.6 is 0 Å². The van der Waals surface area contributed by atoms with Gasteiger partial charge in [0.2, 0.25) is 0 Å². The second-order valence-electron chi connectivity index (χ2n) is 8.54. The number of aromatic nitrogens is 1. The first-order valence-electron chi connectivity index (χ1n) is 11.1. The first-order valence-corrected chi connectivity index (χ1v) is 11.1. The number of fused-ring (bicyclic) bond motifs is 2. The van der Waals surface area contributed by atoms with Crippen molar-refractivity contribution < 1.29 is 13.9 Å². The van der Waals surface area contributed by atoms with Crippen LogP contribution in [0.2, 0.25) is 0 Å². The lowest BCUT2D eigenvalue weighted by Crippen LogP contribution is -2.43. The number of hydrogen-bond acceptors (Lipinski definition) is 5. The van der Waals surface area contributed by atoms with E-state index in [1.807, 2.05) is 49.5 Å². The van der Waals surface area contributed by atoms with Gasteiger partial charge < -0.3 is 19.4 Å². The first kappa shape index (κ1) is 20.5. The number of aryl methyl sites for hydroxylation is 1. The maximum atomic E-state index is 13.1. The average molecular weight is 430 g/mol. The molecular weight excluding hydrogens is 402 g/mol. The number of piperidine rings is 1. The van der Waals surface area contributed by atoms with Gasteiger partial charge >= 0.3 is 0 Å². The highest BCUT2D eigenvalue weighted by molar-refractivity contribution is 6.07. The number of nitrogens with one attached hydrogen (secondary N) is 1. The molecule has 32 heavy (non-hydrogen) atoms. The van der Waals surface area contributed by atoms with Crippen LogP contribution in [0.15, 0.2) is 59.3 Å². The summed E-state index contributed by atoms with van der Waals surface area (Å²) < 4.78 is 12.0. The van der Waals surface area contributed by atoms with Crippen LogP contribution in [-0.4, -0.2) is 42.0 Å². The molecule has 2 aromatic heterocycles. The number of carbonyl (C=O) groups is 1. The minimum atomic E-state index is -0.0745. The van der Waals surface area contributed by atoms with Crippen molar-refractivity contribution in [2.45, 2.75) is 32.4 Å². The van der Waals surface area contributed by atoms with Gasteiger partial charge in [0.05, 0.1) is 5.56 Å². The number of hydrogen-bond donors (Lipinski definition) is 1. The molecule has 0 saturated carbocycles. The van der Waals surface area contributed by atoms with E-state index in [-0.39, 0.29) is 11.9 Å². The zero-order valence-corrected chi connectivity index (χ0v) is 18.4. The minimum Gasteiger partial charge on any atom is -0.489 e. The Hall–Kier alpha value is -3.38. The summed E-state index contributed by atoms with van der Waals surface area (Å²) >= 11 is 0. The highest BCUT2D eigenvalue weighted by atomic mass is 16.5. The molecule has 5 rings (SSSR count). The lowest BCUT2D eigenvalue weighted by molar-refractivity contribution is 0.0917. The number of likely N-dealkylation sites (tertiary alicyclic amines) is 1. The highest BCUT2D eigenvalue weighted by Crippen LogP contribution is 2.30. The SMILES string of the molecule is Cc1oc2ccc(OCc3cccc4cnccc34)cc2c1C(=O)NC1CCN(C)CC1. The minimum absolute atomic E-state index is 0.0745. The molecule has 0 spiro atoms. The van der Waals surface area contributed by atoms with E-state index in [1.165, 1.54) is 0 Å². The molecule has 0 unspecified atom stereocenters. The Balaban J connectivity index is 1.37. The summed E-state index contributed by atoms with van der Waals surface area (Å²) in [4.78, 5) is 19.6. The molecule has 6 heteroatoms. The van der Waals surface area contributed by atoms with Crippen LogP contribution in [0.25, 0.3) is 21.7 Å². The van der Waals surface area contributed by atoms with Gasteiger partial charge in [0.25, 0.3) is 5.91 Å². The summed E-state index contributed by atoms with van der Waals surface area (Å²) in [6.45, 7) is 4.27. The van der Waals surface area contributed by atoms with Crippen LogP contribution in [0, 0.1) is 6.92 Å². The van der Waals surface area contributed by atoms with Gasteiger partial charge in [0.15, 0.2) is 0 Å². The number of pyridine rings is 1. The van der Waals surface area contributed by atoms with Crippen molar-refractivity contribution in [3.05, 3.63) is 71.7 Å². The van der Waals surface area contributed by atoms with Gasteiger partial charge in [-0.1, -0.05) is 18.2 Å². The van der Waals surface area contributed by atoms with E-state index in [1.54, 1.807) is 6.20 Å². The van der Waals surface area contributed by atoms with Crippen molar-refractivity contribution in [2.75, 3.05) is 20.1 Å². The molecule has 1 fully saturated rings. The molecule has 0 bridgehead atoms. The fraction of sp³-hybridized carbons (Fsp3) is 0.308. The molecule has 4 aromatic rings. The number of benzene rings is 2. The zero-order chi connectivity index (χ0) is 22.1. The predicted molar refractivity (Wildman–Crippen MR) is 125 cm³/mol. The first-order chi connectivity index (χ1) is 15.6. The fourth-order valence-corrected chi connectivity index (χ4v) is 4.46. The summed E-state index contributed by atoms with van der Waals surface area (Å²) in [5, 5.41) is 6.20. The van der Waals surface area contributed by atoms with Gasteiger partial charge in [0, 0.05) is 29.2 Å². The van der Waals surface area contributed by atoms with E-state index in [9.17, 15) is 4.79 Å². The van der Waals surface area contributed by atoms with E-state index >= 15 is 0 Å². The normalized spacial score (nSPS) is 15.3. The van der Waals surface area contributed by atoms with Crippen LogP contribution in [-0.2, 0) is 6.61 Å². The molecule has 1 amide bonds. The Morgan fingerprint density at radius 1 is 1.19 bits per heavy atom. The number of amides is 1. The second kappa shape index (κ2) is 8.63. The molecule has 6 nitrogen and oxygen atoms in total. The van der Waals surface area contributed by atoms with Crippen LogP contribution in [0.1, 0.15) is 34.5 Å². The quantitative estimate of drug-likeness (QED) is 0.498. The molecule has 3 heterocycles. The van der Waals surface area contributed by atoms with Gasteiger partial charge in [-0.05, 0) is 75.1 Å². The molecule has 1 N–H and O–H groups in total. The molecule has 1 saturated heterocycles. The Morgan fingerprint density at radius 3 is 2.88 bits per heavy atom. The van der Waals surface area contributed by atoms with Crippen molar-refractivity contribution in [3.8, 4) is 5.75 Å². The summed E-state index contributed by atoms with van der Waals surface area (Å²) in [5.41, 5.74) is 2.38. The number of nitrogens with zero attached hydrogens (tertiary/aromatic N) is 2. The molecular formula is C26H27N3O3. The predicted octanol–water partition coefficient (Wildman–Crippen LogP) is 4.69. The van der Waals surface area contributed by atoms with Crippen LogP contribution in [0.4, 0.5) is 0 Å². The molecule has 0 radical (unpaired) electrons. The van der Waals surface area contributed by atoms with Crippen LogP contribution in [0.5, 0.6) is 5.75 Å². The number of ether oxygens (including phenoxy) is 1. The molecule has 2 aromatic carbocycles. The third-order valence-electron chi connectivity index (χ3n) is 6.28. The van der Waals surface area contributed by atoms with Gasteiger partial charge in [-0.2, -0.15) is 0 Å². The largest absolute Gasteiger partial charge is 0.489 e. The zero-order valence-electron chi connectivity index (χ0n) is 18.4. The van der Waals surface area contributed by atoms with Gasteiger partial charge in [0.1, 0.15) is 23.7 Å². The van der Waals surface area contributed by atoms with Crippen LogP contribution < -0.4 is 10.1 Å². The summed E-state index contributed by atoms with van der Waals surface area (Å²) in [6.07, 6.45) is 5.58. The van der Waals surface area contributed by atoms with Gasteiger partial charge in [-0.15, -0.1) is 0 Å². The Morgan fingerprint density at radius 2 is 2.03 bits per heavy atom. The summed E-state index contributed by atoms with van der Waals surface area (Å²) in [7, 11) is 2.11. The summed E-state index contributed by atoms with van der Waals surface area (Å²) in [5.74, 6) is 1.26. The standard InChI is InChI=1S/C26H27N3O3/c1-17-25(26(30)28-20-9-12-29(2)13-10-20)23-14-21(6-7-24(23)32-17)31-16-19-5-3-4-18-15-27-11-8-22(18)19/h3-8,11,14-15,20H,9-10,12-13,16H2,1-2H3,(H,28,30). The number of rotatable bonds is 5. The third-order valence-corrected chi connectivity index (χ3v) is 6.28. The Labute approximate surface area is 187 Å². The van der Waals surface area contributed by atoms with E-state index in [2.05, 4.69) is 28.3 Å². The fourth-order valence-electron chi connectivity index (χ4n) is 4.46. The smallest absolute Gasteiger partial charge is 0.255 e. The highest BCUT2D eigenvalue weighted by Gasteiger charge is 2.23. The maximum absolute atomic E-state index is 13.1. The molecule has 0 atom stereocenters. The lowest BCUT2D eigenvalue weighted by Gasteiger charge is -2.29. The Bertz CT molecular complexity index is 1270. The molecule has 1 aliphatic rings. The van der Waals surface area contributed by atoms with Gasteiger partial charge in [-0.25, -0.2) is 0 Å². The number of carbonyl (C=O) groups excluding carboxylic acids is 1. The average Bonchev–Trinajstić information content (AvgIpc) is 3.14. The lowest BCUT2D eigenvalue weighted by atomic mass is 10.0. The van der Waals surface area contributed by atoms with Crippen molar-refractivity contribution in [2.24, 2.45) is 0 Å². The van der Waals surface area contributed by atoms with E-state index in [0.717, 1.165) is 47.7 Å². The van der Waals surface area contributed by atoms with E-state index in [4.69, 9.17) is 9.15 Å².